The highest BCUT2D eigenvalue weighted by atomic mass is 35.5. The van der Waals surface area contributed by atoms with E-state index in [0.717, 1.165) is 24.1 Å². The van der Waals surface area contributed by atoms with Crippen molar-refractivity contribution in [3.8, 4) is 5.69 Å². The average Bonchev–Trinajstić information content (AvgIpc) is 2.74. The lowest BCUT2D eigenvalue weighted by molar-refractivity contribution is -0.131. The standard InChI is InChI=1S/C23H25Cl2N3O2/c1-4-5-14-27(23(30)20(24)25)16(3)21-26-18-12-8-7-11-17(18)22(29)28(21)19-13-9-6-10-15(19)2/h6-13,16,20H,4-5,14H2,1-3H3. The third-order valence-corrected chi connectivity index (χ3v) is 5.59. The van der Waals surface area contributed by atoms with E-state index >= 15 is 0 Å². The maximum atomic E-state index is 13.5. The smallest absolute Gasteiger partial charge is 0.266 e. The molecule has 0 spiro atoms. The minimum atomic E-state index is -1.18. The molecule has 0 aliphatic heterocycles. The first kappa shape index (κ1) is 22.3. The highest BCUT2D eigenvalue weighted by Crippen LogP contribution is 2.26. The zero-order valence-electron chi connectivity index (χ0n) is 17.3. The Morgan fingerprint density at radius 3 is 2.47 bits per heavy atom. The van der Waals surface area contributed by atoms with Crippen LogP contribution < -0.4 is 5.56 Å². The van der Waals surface area contributed by atoms with Gasteiger partial charge in [-0.1, -0.05) is 66.9 Å². The fraction of sp³-hybridized carbons (Fsp3) is 0.348. The third-order valence-electron chi connectivity index (χ3n) is 5.22. The van der Waals surface area contributed by atoms with Crippen molar-refractivity contribution < 1.29 is 4.79 Å². The number of nitrogens with zero attached hydrogens (tertiary/aromatic N) is 3. The van der Waals surface area contributed by atoms with Crippen molar-refractivity contribution >= 4 is 40.0 Å². The van der Waals surface area contributed by atoms with Crippen molar-refractivity contribution in [2.75, 3.05) is 6.54 Å². The summed E-state index contributed by atoms with van der Waals surface area (Å²) in [5, 5.41) is 0.524. The Morgan fingerprint density at radius 2 is 1.80 bits per heavy atom. The van der Waals surface area contributed by atoms with Crippen molar-refractivity contribution in [3.05, 3.63) is 70.3 Å². The van der Waals surface area contributed by atoms with E-state index in [-0.39, 0.29) is 5.56 Å². The van der Waals surface area contributed by atoms with Crippen LogP contribution in [0, 0.1) is 6.92 Å². The molecule has 2 aromatic carbocycles. The molecule has 0 saturated heterocycles. The molecule has 0 fully saturated rings. The quantitative estimate of drug-likeness (QED) is 0.470. The fourth-order valence-electron chi connectivity index (χ4n) is 3.57. The predicted molar refractivity (Wildman–Crippen MR) is 123 cm³/mol. The summed E-state index contributed by atoms with van der Waals surface area (Å²) in [5.74, 6) is 0.0875. The summed E-state index contributed by atoms with van der Waals surface area (Å²) in [5.41, 5.74) is 2.08. The second-order valence-electron chi connectivity index (χ2n) is 7.28. The van der Waals surface area contributed by atoms with Crippen LogP contribution in [-0.4, -0.2) is 31.7 Å². The van der Waals surface area contributed by atoms with Gasteiger partial charge in [-0.25, -0.2) is 4.98 Å². The molecule has 0 aliphatic carbocycles. The number of hydrogen-bond donors (Lipinski definition) is 0. The number of carbonyl (C=O) groups excluding carboxylic acids is 1. The van der Waals surface area contributed by atoms with Gasteiger partial charge in [0.05, 0.1) is 22.6 Å². The van der Waals surface area contributed by atoms with E-state index < -0.39 is 16.8 Å². The van der Waals surface area contributed by atoms with E-state index in [1.54, 1.807) is 21.6 Å². The summed E-state index contributed by atoms with van der Waals surface area (Å²) in [6.07, 6.45) is 1.69. The topological polar surface area (TPSA) is 55.2 Å². The molecule has 1 unspecified atom stereocenters. The van der Waals surface area contributed by atoms with Crippen LogP contribution in [0.25, 0.3) is 16.6 Å². The van der Waals surface area contributed by atoms with Gasteiger partial charge < -0.3 is 4.90 Å². The maximum Gasteiger partial charge on any atom is 0.266 e. The Morgan fingerprint density at radius 1 is 1.13 bits per heavy atom. The number of benzene rings is 2. The lowest BCUT2D eigenvalue weighted by Crippen LogP contribution is -2.40. The fourth-order valence-corrected chi connectivity index (χ4v) is 3.82. The molecule has 158 valence electrons. The summed E-state index contributed by atoms with van der Waals surface area (Å²) in [6, 6.07) is 14.4. The van der Waals surface area contributed by atoms with Gasteiger partial charge in [-0.2, -0.15) is 0 Å². The molecule has 5 nitrogen and oxygen atoms in total. The van der Waals surface area contributed by atoms with Crippen LogP contribution in [-0.2, 0) is 4.79 Å². The molecule has 0 aliphatic rings. The van der Waals surface area contributed by atoms with Crippen molar-refractivity contribution in [1.82, 2.24) is 14.5 Å². The Kier molecular flexibility index (Phi) is 7.16. The Balaban J connectivity index is 2.27. The third kappa shape index (κ3) is 4.37. The number of amides is 1. The summed E-state index contributed by atoms with van der Waals surface area (Å²) in [7, 11) is 0. The zero-order valence-corrected chi connectivity index (χ0v) is 18.8. The molecule has 1 aromatic heterocycles. The van der Waals surface area contributed by atoms with Crippen molar-refractivity contribution in [3.63, 3.8) is 0 Å². The first-order valence-electron chi connectivity index (χ1n) is 10.0. The molecule has 7 heteroatoms. The lowest BCUT2D eigenvalue weighted by atomic mass is 10.1. The first-order valence-corrected chi connectivity index (χ1v) is 10.9. The number of aryl methyl sites for hydroxylation is 1. The van der Waals surface area contributed by atoms with Crippen molar-refractivity contribution in [2.24, 2.45) is 0 Å². The number of fused-ring (bicyclic) bond motifs is 1. The molecule has 1 atom stereocenters. The van der Waals surface area contributed by atoms with Crippen molar-refractivity contribution in [1.29, 1.82) is 0 Å². The van der Waals surface area contributed by atoms with Gasteiger partial charge >= 0.3 is 0 Å². The zero-order chi connectivity index (χ0) is 21.8. The van der Waals surface area contributed by atoms with Crippen LogP contribution in [0.2, 0.25) is 0 Å². The van der Waals surface area contributed by atoms with Gasteiger partial charge in [-0.15, -0.1) is 0 Å². The van der Waals surface area contributed by atoms with Crippen LogP contribution in [0.15, 0.2) is 53.3 Å². The Labute approximate surface area is 186 Å². The largest absolute Gasteiger partial charge is 0.330 e. The minimum Gasteiger partial charge on any atom is -0.330 e. The van der Waals surface area contributed by atoms with Gasteiger partial charge in [-0.3, -0.25) is 14.2 Å². The maximum absolute atomic E-state index is 13.5. The van der Waals surface area contributed by atoms with Gasteiger partial charge in [0.2, 0.25) is 0 Å². The normalized spacial score (nSPS) is 12.3. The number of unbranched alkanes of at least 4 members (excludes halogenated alkanes) is 1. The molecule has 30 heavy (non-hydrogen) atoms. The number of rotatable bonds is 7. The highest BCUT2D eigenvalue weighted by molar-refractivity contribution is 6.53. The predicted octanol–water partition coefficient (Wildman–Crippen LogP) is 5.19. The monoisotopic (exact) mass is 445 g/mol. The average molecular weight is 446 g/mol. The molecule has 0 saturated carbocycles. The second kappa shape index (κ2) is 9.63. The van der Waals surface area contributed by atoms with Gasteiger partial charge in [0.1, 0.15) is 5.82 Å². The van der Waals surface area contributed by atoms with E-state index in [0.29, 0.717) is 23.3 Å². The van der Waals surface area contributed by atoms with Crippen LogP contribution in [0.5, 0.6) is 0 Å². The van der Waals surface area contributed by atoms with E-state index in [1.807, 2.05) is 57.2 Å². The van der Waals surface area contributed by atoms with Gasteiger partial charge in [0, 0.05) is 6.54 Å². The highest BCUT2D eigenvalue weighted by Gasteiger charge is 2.29. The van der Waals surface area contributed by atoms with Gasteiger partial charge in [0.15, 0.2) is 4.84 Å². The van der Waals surface area contributed by atoms with E-state index in [4.69, 9.17) is 28.2 Å². The number of hydrogen-bond acceptors (Lipinski definition) is 3. The van der Waals surface area contributed by atoms with Crippen LogP contribution in [0.4, 0.5) is 0 Å². The lowest BCUT2D eigenvalue weighted by Gasteiger charge is -2.31. The summed E-state index contributed by atoms with van der Waals surface area (Å²) < 4.78 is 1.60. The SMILES string of the molecule is CCCCN(C(=O)C(Cl)Cl)C(C)c1nc2ccccc2c(=O)n1-c1ccccc1C. The number of para-hydroxylation sites is 2. The van der Waals surface area contributed by atoms with E-state index in [1.165, 1.54) is 0 Å². The molecule has 1 amide bonds. The number of aromatic nitrogens is 2. The number of alkyl halides is 2. The Bertz CT molecular complexity index is 1110. The first-order chi connectivity index (χ1) is 14.4. The van der Waals surface area contributed by atoms with Crippen molar-refractivity contribution in [2.45, 2.75) is 44.5 Å². The summed E-state index contributed by atoms with van der Waals surface area (Å²) >= 11 is 11.9. The molecule has 3 rings (SSSR count). The number of halogens is 2. The number of carbonyl (C=O) groups is 1. The molecule has 0 N–H and O–H groups in total. The molecule has 0 radical (unpaired) electrons. The van der Waals surface area contributed by atoms with Crippen LogP contribution in [0.3, 0.4) is 0 Å². The van der Waals surface area contributed by atoms with Crippen LogP contribution in [0.1, 0.15) is 44.1 Å². The second-order valence-corrected chi connectivity index (χ2v) is 8.37. The van der Waals surface area contributed by atoms with Gasteiger partial charge in [-0.05, 0) is 44.0 Å². The molecule has 0 bridgehead atoms. The van der Waals surface area contributed by atoms with E-state index in [9.17, 15) is 9.59 Å². The van der Waals surface area contributed by atoms with Gasteiger partial charge in [0.25, 0.3) is 11.5 Å². The summed E-state index contributed by atoms with van der Waals surface area (Å²) in [6.45, 7) is 6.32. The molecular weight excluding hydrogens is 421 g/mol. The minimum absolute atomic E-state index is 0.173. The Hall–Kier alpha value is -2.37. The van der Waals surface area contributed by atoms with E-state index in [2.05, 4.69) is 0 Å². The molecule has 1 heterocycles. The van der Waals surface area contributed by atoms with Crippen LogP contribution >= 0.6 is 23.2 Å². The molecular formula is C23H25Cl2N3O2. The summed E-state index contributed by atoms with van der Waals surface area (Å²) in [4.78, 5) is 31.5. The molecule has 3 aromatic rings.